The lowest BCUT2D eigenvalue weighted by Crippen LogP contribution is -2.29. The van der Waals surface area contributed by atoms with Crippen molar-refractivity contribution in [3.63, 3.8) is 0 Å². The van der Waals surface area contributed by atoms with Gasteiger partial charge in [-0.25, -0.2) is 4.98 Å². The van der Waals surface area contributed by atoms with Crippen LogP contribution < -0.4 is 11.5 Å². The zero-order valence-electron chi connectivity index (χ0n) is 10.7. The largest absolute Gasteiger partial charge is 0.383 e. The quantitative estimate of drug-likeness (QED) is 0.847. The number of hydrogen-bond acceptors (Lipinski definition) is 5. The van der Waals surface area contributed by atoms with E-state index in [1.807, 2.05) is 12.1 Å². The second-order valence-corrected chi connectivity index (χ2v) is 6.61. The highest BCUT2D eigenvalue weighted by Gasteiger charge is 2.25. The van der Waals surface area contributed by atoms with E-state index in [9.17, 15) is 5.26 Å². The summed E-state index contributed by atoms with van der Waals surface area (Å²) < 4.78 is 0.688. The number of halogens is 1. The molecule has 20 heavy (non-hydrogen) atoms. The van der Waals surface area contributed by atoms with Gasteiger partial charge in [-0.3, -0.25) is 0 Å². The summed E-state index contributed by atoms with van der Waals surface area (Å²) in [5.41, 5.74) is 15.3. The fraction of sp³-hybridized carbons (Fsp3) is 0.286. The normalized spacial score (nSPS) is 17.6. The maximum atomic E-state index is 9.41. The Bertz CT molecular complexity index is 717. The lowest BCUT2D eigenvalue weighted by Gasteiger charge is -2.24. The number of thiophene rings is 1. The van der Waals surface area contributed by atoms with Crippen molar-refractivity contribution >= 4 is 28.8 Å². The van der Waals surface area contributed by atoms with E-state index >= 15 is 0 Å². The van der Waals surface area contributed by atoms with Crippen molar-refractivity contribution in [1.82, 2.24) is 4.98 Å². The predicted molar refractivity (Wildman–Crippen MR) is 81.7 cm³/mol. The number of nitrogens with two attached hydrogens (primary N) is 2. The summed E-state index contributed by atoms with van der Waals surface area (Å²) in [6.07, 6.45) is 2.43. The van der Waals surface area contributed by atoms with Gasteiger partial charge in [0.25, 0.3) is 0 Å². The minimum absolute atomic E-state index is 0.105. The van der Waals surface area contributed by atoms with Crippen molar-refractivity contribution in [1.29, 1.82) is 5.26 Å². The number of nitrogen functional groups attached to an aromatic ring is 1. The summed E-state index contributed by atoms with van der Waals surface area (Å²) >= 11 is 7.46. The van der Waals surface area contributed by atoms with Crippen LogP contribution >= 0.6 is 22.9 Å². The molecule has 4 nitrogen and oxygen atoms in total. The van der Waals surface area contributed by atoms with Crippen LogP contribution in [0, 0.1) is 11.3 Å². The van der Waals surface area contributed by atoms with E-state index in [1.54, 1.807) is 0 Å². The number of nitriles is 1. The first-order valence-electron chi connectivity index (χ1n) is 6.32. The van der Waals surface area contributed by atoms with Gasteiger partial charge in [0.1, 0.15) is 17.5 Å². The van der Waals surface area contributed by atoms with Crippen molar-refractivity contribution < 1.29 is 0 Å². The number of nitrogens with zero attached hydrogens (tertiary/aromatic N) is 2. The first-order valence-corrected chi connectivity index (χ1v) is 7.52. The lowest BCUT2D eigenvalue weighted by atomic mass is 9.87. The van der Waals surface area contributed by atoms with Crippen LogP contribution in [0.15, 0.2) is 12.1 Å². The fourth-order valence-corrected chi connectivity index (χ4v) is 3.76. The fourth-order valence-electron chi connectivity index (χ4n) is 2.64. The first-order chi connectivity index (χ1) is 9.60. The molecule has 1 aliphatic rings. The summed E-state index contributed by atoms with van der Waals surface area (Å²) in [6.45, 7) is 0. The molecule has 0 unspecified atom stereocenters. The third-order valence-corrected chi connectivity index (χ3v) is 4.81. The average Bonchev–Trinajstić information content (AvgIpc) is 2.84. The second kappa shape index (κ2) is 5.06. The molecule has 0 aliphatic heterocycles. The molecule has 1 aliphatic carbocycles. The van der Waals surface area contributed by atoms with Crippen LogP contribution in [0.4, 0.5) is 5.82 Å². The number of fused-ring (bicyclic) bond motifs is 1. The van der Waals surface area contributed by atoms with Crippen molar-refractivity contribution in [2.45, 2.75) is 25.3 Å². The van der Waals surface area contributed by atoms with Crippen molar-refractivity contribution in [2.75, 3.05) is 5.73 Å². The number of rotatable bonds is 1. The first kappa shape index (κ1) is 13.4. The Labute approximate surface area is 126 Å². The van der Waals surface area contributed by atoms with Crippen molar-refractivity contribution in [3.8, 4) is 16.5 Å². The zero-order valence-corrected chi connectivity index (χ0v) is 12.3. The molecule has 0 radical (unpaired) electrons. The van der Waals surface area contributed by atoms with Gasteiger partial charge < -0.3 is 11.5 Å². The summed E-state index contributed by atoms with van der Waals surface area (Å²) in [7, 11) is 0. The molecule has 0 bridgehead atoms. The molecule has 2 aromatic heterocycles. The van der Waals surface area contributed by atoms with E-state index in [2.05, 4.69) is 11.1 Å². The number of hydrogen-bond donors (Lipinski definition) is 2. The van der Waals surface area contributed by atoms with Crippen LogP contribution in [-0.2, 0) is 12.8 Å². The van der Waals surface area contributed by atoms with Gasteiger partial charge in [-0.15, -0.1) is 11.3 Å². The van der Waals surface area contributed by atoms with Crippen LogP contribution in [0.25, 0.3) is 10.4 Å². The zero-order chi connectivity index (χ0) is 14.3. The Morgan fingerprint density at radius 3 is 2.90 bits per heavy atom. The Hall–Kier alpha value is -1.61. The van der Waals surface area contributed by atoms with Gasteiger partial charge >= 0.3 is 0 Å². The van der Waals surface area contributed by atoms with E-state index in [1.165, 1.54) is 11.3 Å². The summed E-state index contributed by atoms with van der Waals surface area (Å²) in [4.78, 5) is 5.33. The Morgan fingerprint density at radius 2 is 2.25 bits per heavy atom. The molecular weight excluding hydrogens is 292 g/mol. The van der Waals surface area contributed by atoms with E-state index in [4.69, 9.17) is 23.1 Å². The summed E-state index contributed by atoms with van der Waals surface area (Å²) in [6, 6.07) is 6.02. The SMILES string of the molecule is N#Cc1c(N)nc2c(c1-c1ccc(Cl)s1)C[C@@H](N)CC2. The molecule has 0 amide bonds. The molecule has 2 heterocycles. The van der Waals surface area contributed by atoms with Gasteiger partial charge in [-0.1, -0.05) is 11.6 Å². The highest BCUT2D eigenvalue weighted by atomic mass is 35.5. The molecule has 6 heteroatoms. The Kier molecular flexibility index (Phi) is 3.38. The maximum absolute atomic E-state index is 9.41. The number of aryl methyl sites for hydroxylation is 1. The highest BCUT2D eigenvalue weighted by Crippen LogP contribution is 2.39. The molecule has 2 aromatic rings. The van der Waals surface area contributed by atoms with E-state index < -0.39 is 0 Å². The minimum Gasteiger partial charge on any atom is -0.383 e. The number of aromatic nitrogens is 1. The molecule has 0 aromatic carbocycles. The van der Waals surface area contributed by atoms with Gasteiger partial charge in [-0.2, -0.15) is 5.26 Å². The smallest absolute Gasteiger partial charge is 0.142 e. The molecule has 0 spiro atoms. The Balaban J connectivity index is 2.30. The maximum Gasteiger partial charge on any atom is 0.142 e. The van der Waals surface area contributed by atoms with Gasteiger partial charge in [0, 0.05) is 22.2 Å². The standard InChI is InChI=1S/C14H13ClN4S/c15-12-4-3-11(20-12)13-8-5-7(17)1-2-10(8)19-14(18)9(13)6-16/h3-4,7H,1-2,5,17H2,(H2,18,19)/t7-/m0/s1. The topological polar surface area (TPSA) is 88.7 Å². The molecule has 0 saturated heterocycles. The van der Waals surface area contributed by atoms with Gasteiger partial charge in [0.15, 0.2) is 0 Å². The van der Waals surface area contributed by atoms with Crippen LogP contribution in [-0.4, -0.2) is 11.0 Å². The van der Waals surface area contributed by atoms with Gasteiger partial charge in [0.2, 0.25) is 0 Å². The number of pyridine rings is 1. The summed E-state index contributed by atoms with van der Waals surface area (Å²) in [5.74, 6) is 0.293. The lowest BCUT2D eigenvalue weighted by molar-refractivity contribution is 0.568. The third-order valence-electron chi connectivity index (χ3n) is 3.56. The van der Waals surface area contributed by atoms with Gasteiger partial charge in [-0.05, 0) is 37.0 Å². The third kappa shape index (κ3) is 2.16. The molecule has 0 fully saturated rings. The van der Waals surface area contributed by atoms with E-state index in [-0.39, 0.29) is 6.04 Å². The van der Waals surface area contributed by atoms with Crippen LogP contribution in [0.5, 0.6) is 0 Å². The molecule has 102 valence electrons. The highest BCUT2D eigenvalue weighted by molar-refractivity contribution is 7.19. The molecule has 0 saturated carbocycles. The predicted octanol–water partition coefficient (Wildman–Crippen LogP) is 2.73. The number of anilines is 1. The van der Waals surface area contributed by atoms with Crippen molar-refractivity contribution in [2.24, 2.45) is 5.73 Å². The van der Waals surface area contributed by atoms with E-state index in [0.717, 1.165) is 41.0 Å². The van der Waals surface area contributed by atoms with Crippen molar-refractivity contribution in [3.05, 3.63) is 33.3 Å². The van der Waals surface area contributed by atoms with Gasteiger partial charge in [0.05, 0.1) is 4.34 Å². The van der Waals surface area contributed by atoms with Crippen LogP contribution in [0.1, 0.15) is 23.2 Å². The Morgan fingerprint density at radius 1 is 1.45 bits per heavy atom. The molecular formula is C14H13ClN4S. The molecule has 3 rings (SSSR count). The molecule has 1 atom stereocenters. The second-order valence-electron chi connectivity index (χ2n) is 4.89. The monoisotopic (exact) mass is 304 g/mol. The van der Waals surface area contributed by atoms with Crippen LogP contribution in [0.3, 0.4) is 0 Å². The summed E-state index contributed by atoms with van der Waals surface area (Å²) in [5, 5.41) is 9.41. The van der Waals surface area contributed by atoms with E-state index in [0.29, 0.717) is 15.7 Å². The van der Waals surface area contributed by atoms with Crippen LogP contribution in [0.2, 0.25) is 4.34 Å². The average molecular weight is 305 g/mol. The molecule has 4 N–H and O–H groups in total. The minimum atomic E-state index is 0.105.